The first-order chi connectivity index (χ1) is 31.4. The van der Waals surface area contributed by atoms with Crippen molar-refractivity contribution in [3.8, 4) is 0 Å². The number of benzene rings is 1. The van der Waals surface area contributed by atoms with E-state index < -0.39 is 96.1 Å². The molecule has 1 aromatic carbocycles. The van der Waals surface area contributed by atoms with Crippen LogP contribution in [-0.2, 0) is 49.3 Å². The SMILES string of the molecule is CO[C@]1(C)C[C@H](O[C@H]2[C@H](C)[C@@H](O[C@@H]3O[C@H](C)C[C@H](N(C)C)[C@H]3O)[C@](C)(O)C[C@@H](C)CN(C)C(=O)[C@@H](CCc3ccccc3)NC(=O)[C@@H](C(C)C)NC(=O)[C@@H]3CCCN3C(=O)[C@@H]2C)O[C@@H](C)[C@@H]1O. The number of likely N-dealkylation sites (N-methyl/N-ethyl adjacent to an activating group) is 2. The molecule has 4 heterocycles. The highest BCUT2D eigenvalue weighted by molar-refractivity contribution is 5.95. The Balaban J connectivity index is 1.61. The number of methoxy groups -OCH3 is 1. The number of rotatable bonds is 10. The summed E-state index contributed by atoms with van der Waals surface area (Å²) in [5.41, 5.74) is -1.77. The first kappa shape index (κ1) is 54.7. The number of fused-ring (bicyclic) bond motifs is 1. The van der Waals surface area contributed by atoms with Gasteiger partial charge in [-0.1, -0.05) is 65.0 Å². The van der Waals surface area contributed by atoms with Gasteiger partial charge in [-0.05, 0) is 97.7 Å². The van der Waals surface area contributed by atoms with Crippen LogP contribution in [0, 0.1) is 23.7 Å². The lowest BCUT2D eigenvalue weighted by atomic mass is 9.77. The van der Waals surface area contributed by atoms with Gasteiger partial charge in [0.25, 0.3) is 0 Å². The van der Waals surface area contributed by atoms with Gasteiger partial charge in [0.2, 0.25) is 23.6 Å². The van der Waals surface area contributed by atoms with Gasteiger partial charge < -0.3 is 64.3 Å². The number of aliphatic hydroxyl groups is 3. The number of aryl methyl sites for hydroxylation is 1. The summed E-state index contributed by atoms with van der Waals surface area (Å²) in [6.45, 7) is 16.6. The first-order valence-corrected chi connectivity index (χ1v) is 24.5. The number of nitrogens with one attached hydrogen (secondary N) is 2. The normalized spacial score (nSPS) is 40.2. The zero-order valence-electron chi connectivity index (χ0n) is 42.3. The number of hydrogen-bond acceptors (Lipinski definition) is 13. The van der Waals surface area contributed by atoms with Gasteiger partial charge in [0.15, 0.2) is 12.6 Å². The molecule has 380 valence electrons. The minimum atomic E-state index is -1.70. The number of hydrogen-bond donors (Lipinski definition) is 5. The molecule has 0 unspecified atom stereocenters. The molecule has 0 spiro atoms. The maximum atomic E-state index is 15.1. The van der Waals surface area contributed by atoms with Crippen molar-refractivity contribution >= 4 is 23.6 Å². The van der Waals surface area contributed by atoms with Crippen molar-refractivity contribution in [2.24, 2.45) is 23.7 Å². The summed E-state index contributed by atoms with van der Waals surface area (Å²) in [6.07, 6.45) is -5.07. The van der Waals surface area contributed by atoms with Gasteiger partial charge in [0, 0.05) is 45.6 Å². The molecule has 4 saturated heterocycles. The molecule has 67 heavy (non-hydrogen) atoms. The Morgan fingerprint density at radius 2 is 1.60 bits per heavy atom. The molecule has 5 rings (SSSR count). The maximum Gasteiger partial charge on any atom is 0.244 e. The van der Waals surface area contributed by atoms with Crippen LogP contribution in [-0.4, -0.2) is 180 Å². The summed E-state index contributed by atoms with van der Waals surface area (Å²) >= 11 is 0. The largest absolute Gasteiger partial charge is 0.387 e. The molecule has 0 aliphatic carbocycles. The minimum Gasteiger partial charge on any atom is -0.387 e. The van der Waals surface area contributed by atoms with Crippen LogP contribution in [0.1, 0.15) is 106 Å². The van der Waals surface area contributed by atoms with Gasteiger partial charge in [-0.25, -0.2) is 0 Å². The van der Waals surface area contributed by atoms with Crippen LogP contribution < -0.4 is 10.6 Å². The van der Waals surface area contributed by atoms with E-state index in [1.807, 2.05) is 83.9 Å². The van der Waals surface area contributed by atoms with Crippen LogP contribution >= 0.6 is 0 Å². The summed E-state index contributed by atoms with van der Waals surface area (Å²) < 4.78 is 32.2. The summed E-state index contributed by atoms with van der Waals surface area (Å²) in [7, 11) is 6.93. The number of carbonyl (C=O) groups excluding carboxylic acids is 4. The van der Waals surface area contributed by atoms with Gasteiger partial charge >= 0.3 is 0 Å². The highest BCUT2D eigenvalue weighted by Crippen LogP contribution is 2.40. The fourth-order valence-electron chi connectivity index (χ4n) is 10.9. The lowest BCUT2D eigenvalue weighted by Crippen LogP contribution is -2.61. The van der Waals surface area contributed by atoms with E-state index >= 15 is 4.79 Å². The number of nitrogens with zero attached hydrogens (tertiary/aromatic N) is 3. The van der Waals surface area contributed by atoms with Crippen LogP contribution in [0.15, 0.2) is 30.3 Å². The van der Waals surface area contributed by atoms with Crippen molar-refractivity contribution in [3.05, 3.63) is 35.9 Å². The minimum absolute atomic E-state index is 0.0954. The Bertz CT molecular complexity index is 1800. The van der Waals surface area contributed by atoms with Crippen molar-refractivity contribution in [3.63, 3.8) is 0 Å². The first-order valence-electron chi connectivity index (χ1n) is 24.5. The third-order valence-electron chi connectivity index (χ3n) is 14.8. The van der Waals surface area contributed by atoms with Crippen molar-refractivity contribution in [2.45, 2.75) is 192 Å². The van der Waals surface area contributed by atoms with E-state index in [2.05, 4.69) is 10.6 Å². The summed E-state index contributed by atoms with van der Waals surface area (Å²) in [5, 5.41) is 41.8. The summed E-state index contributed by atoms with van der Waals surface area (Å²) in [6, 6.07) is 6.51. The average molecular weight is 946 g/mol. The Kier molecular flexibility index (Phi) is 18.9. The molecule has 4 aliphatic heterocycles. The third kappa shape index (κ3) is 13.1. The number of ether oxygens (including phenoxy) is 5. The van der Waals surface area contributed by atoms with Gasteiger partial charge in [-0.15, -0.1) is 0 Å². The second kappa shape index (κ2) is 23.1. The molecule has 0 bridgehead atoms. The Hall–Kier alpha value is -3.26. The number of amides is 4. The summed E-state index contributed by atoms with van der Waals surface area (Å²) in [5.74, 6) is -4.19. The summed E-state index contributed by atoms with van der Waals surface area (Å²) in [4.78, 5) is 63.2. The highest BCUT2D eigenvalue weighted by Gasteiger charge is 2.52. The van der Waals surface area contributed by atoms with Gasteiger partial charge in [-0.2, -0.15) is 0 Å². The third-order valence-corrected chi connectivity index (χ3v) is 14.8. The molecule has 17 heteroatoms. The molecule has 5 N–H and O–H groups in total. The van der Waals surface area contributed by atoms with Crippen molar-refractivity contribution in [2.75, 3.05) is 41.3 Å². The van der Waals surface area contributed by atoms with Crippen molar-refractivity contribution < 1.29 is 58.2 Å². The van der Waals surface area contributed by atoms with Crippen LogP contribution in [0.25, 0.3) is 0 Å². The van der Waals surface area contributed by atoms with E-state index in [1.54, 1.807) is 39.6 Å². The highest BCUT2D eigenvalue weighted by atomic mass is 16.7. The second-order valence-corrected chi connectivity index (χ2v) is 21.2. The molecular formula is C50H83N5O12. The predicted octanol–water partition coefficient (Wildman–Crippen LogP) is 2.85. The molecule has 17 nitrogen and oxygen atoms in total. The van der Waals surface area contributed by atoms with E-state index in [9.17, 15) is 29.7 Å². The zero-order chi connectivity index (χ0) is 49.7. The van der Waals surface area contributed by atoms with Crippen LogP contribution in [0.2, 0.25) is 0 Å². The van der Waals surface area contributed by atoms with E-state index in [1.165, 1.54) is 12.0 Å². The van der Waals surface area contributed by atoms with E-state index in [-0.39, 0.29) is 61.7 Å². The smallest absolute Gasteiger partial charge is 0.244 e. The maximum absolute atomic E-state index is 15.1. The molecule has 17 atom stereocenters. The van der Waals surface area contributed by atoms with Crippen molar-refractivity contribution in [1.82, 2.24) is 25.3 Å². The second-order valence-electron chi connectivity index (χ2n) is 21.2. The van der Waals surface area contributed by atoms with E-state index in [4.69, 9.17) is 23.7 Å². The van der Waals surface area contributed by atoms with Gasteiger partial charge in [0.05, 0.1) is 41.5 Å². The molecular weight excluding hydrogens is 863 g/mol. The lowest BCUT2D eigenvalue weighted by molar-refractivity contribution is -0.317. The molecule has 1 aromatic rings. The number of carbonyl (C=O) groups is 4. The molecule has 0 radical (unpaired) electrons. The predicted molar refractivity (Wildman–Crippen MR) is 251 cm³/mol. The van der Waals surface area contributed by atoms with E-state index in [0.29, 0.717) is 32.1 Å². The van der Waals surface area contributed by atoms with Gasteiger partial charge in [0.1, 0.15) is 30.3 Å². The van der Waals surface area contributed by atoms with Gasteiger partial charge in [-0.3, -0.25) is 19.2 Å². The van der Waals surface area contributed by atoms with E-state index in [0.717, 1.165) is 5.56 Å². The quantitative estimate of drug-likeness (QED) is 0.229. The fraction of sp³-hybridized carbons (Fsp3) is 0.800. The van der Waals surface area contributed by atoms with Crippen LogP contribution in [0.3, 0.4) is 0 Å². The number of aliphatic hydroxyl groups excluding tert-OH is 2. The Morgan fingerprint density at radius 3 is 2.22 bits per heavy atom. The lowest BCUT2D eigenvalue weighted by Gasteiger charge is -2.49. The molecule has 0 saturated carbocycles. The zero-order valence-corrected chi connectivity index (χ0v) is 42.3. The Morgan fingerprint density at radius 1 is 0.925 bits per heavy atom. The van der Waals surface area contributed by atoms with Crippen LogP contribution in [0.5, 0.6) is 0 Å². The monoisotopic (exact) mass is 946 g/mol. The molecule has 4 aliphatic rings. The Labute approximate surface area is 398 Å². The molecule has 0 aromatic heterocycles. The fourth-order valence-corrected chi connectivity index (χ4v) is 10.9. The standard InChI is InChI=1S/C50H83N5O12/c1-28(2)39-45(59)51-35(22-21-34-18-15-14-16-19-34)47(61)54(12)27-29(3)25-49(8,62)43(67-48-40(56)37(53(10)11)24-30(4)64-48)31(5)41(66-38-26-50(9,63-13)42(57)33(7)65-38)32(6)46(60)55-23-17-20-36(55)44(58)52-39/h14-16,18-19,28-33,35-43,48,56-57,62H,17,20-27H2,1-13H3,(H,51,59)(H,52,58)/t29-,30-,31+,32-,33+,35-,36+,37+,38+,39-,40-,41+,42+,43-,48+,49-,50-/m1/s1. The van der Waals surface area contributed by atoms with Crippen LogP contribution in [0.4, 0.5) is 0 Å². The molecule has 4 amide bonds. The van der Waals surface area contributed by atoms with Crippen molar-refractivity contribution in [1.29, 1.82) is 0 Å². The molecule has 4 fully saturated rings. The topological polar surface area (TPSA) is 209 Å². The average Bonchev–Trinajstić information content (AvgIpc) is 3.77.